The van der Waals surface area contributed by atoms with E-state index >= 15 is 0 Å². The van der Waals surface area contributed by atoms with Gasteiger partial charge in [0.05, 0.1) is 21.3 Å². The molecule has 0 saturated heterocycles. The predicted molar refractivity (Wildman–Crippen MR) is 113 cm³/mol. The van der Waals surface area contributed by atoms with E-state index in [2.05, 4.69) is 48.5 Å². The minimum Gasteiger partial charge on any atom is -0.497 e. The van der Waals surface area contributed by atoms with Crippen molar-refractivity contribution in [1.82, 2.24) is 0 Å². The standard InChI is InChI=1S/C25H24O3/c1-26-20-11-9-17(10-12-20)13-19-14-22(18-7-5-4-6-8-18)25-23(19)15-21(27-2)16-24(25)28-3/h4-12,14-16,22H,13H2,1-3H3. The Bertz CT molecular complexity index is 988. The first-order chi connectivity index (χ1) is 13.7. The van der Waals surface area contributed by atoms with Crippen molar-refractivity contribution in [2.24, 2.45) is 0 Å². The van der Waals surface area contributed by atoms with Crippen LogP contribution in [-0.4, -0.2) is 21.3 Å². The van der Waals surface area contributed by atoms with E-state index in [4.69, 9.17) is 14.2 Å². The Labute approximate surface area is 166 Å². The van der Waals surface area contributed by atoms with Crippen molar-refractivity contribution in [3.63, 3.8) is 0 Å². The van der Waals surface area contributed by atoms with E-state index in [9.17, 15) is 0 Å². The molecule has 1 aliphatic carbocycles. The molecule has 3 aromatic carbocycles. The third-order valence-electron chi connectivity index (χ3n) is 5.31. The molecule has 0 aliphatic heterocycles. The van der Waals surface area contributed by atoms with E-state index in [1.165, 1.54) is 27.8 Å². The van der Waals surface area contributed by atoms with Gasteiger partial charge in [0.15, 0.2) is 0 Å². The van der Waals surface area contributed by atoms with Crippen LogP contribution in [0.25, 0.3) is 5.57 Å². The Morgan fingerprint density at radius 2 is 1.46 bits per heavy atom. The lowest BCUT2D eigenvalue weighted by molar-refractivity contribution is 0.391. The molecule has 0 aromatic heterocycles. The molecule has 142 valence electrons. The molecule has 4 rings (SSSR count). The number of hydrogen-bond acceptors (Lipinski definition) is 3. The van der Waals surface area contributed by atoms with Crippen molar-refractivity contribution in [2.45, 2.75) is 12.3 Å². The SMILES string of the molecule is COc1ccc(CC2=CC(c3ccccc3)c3c(OC)cc(OC)cc32)cc1. The van der Waals surface area contributed by atoms with Crippen LogP contribution in [0.3, 0.4) is 0 Å². The van der Waals surface area contributed by atoms with Crippen LogP contribution in [0.2, 0.25) is 0 Å². The Balaban J connectivity index is 1.79. The fourth-order valence-electron chi connectivity index (χ4n) is 3.89. The maximum atomic E-state index is 5.75. The molecule has 3 aromatic rings. The van der Waals surface area contributed by atoms with Gasteiger partial charge in [-0.2, -0.15) is 0 Å². The van der Waals surface area contributed by atoms with Crippen LogP contribution in [-0.2, 0) is 6.42 Å². The zero-order chi connectivity index (χ0) is 19.5. The molecule has 3 nitrogen and oxygen atoms in total. The largest absolute Gasteiger partial charge is 0.497 e. The Kier molecular flexibility index (Phi) is 5.07. The Morgan fingerprint density at radius 3 is 2.11 bits per heavy atom. The molecule has 1 aliphatic rings. The summed E-state index contributed by atoms with van der Waals surface area (Å²) in [5.74, 6) is 2.72. The smallest absolute Gasteiger partial charge is 0.127 e. The molecule has 0 bridgehead atoms. The lowest BCUT2D eigenvalue weighted by Gasteiger charge is -2.17. The van der Waals surface area contributed by atoms with Gasteiger partial charge in [0, 0.05) is 17.5 Å². The first-order valence-electron chi connectivity index (χ1n) is 9.38. The van der Waals surface area contributed by atoms with Gasteiger partial charge in [-0.3, -0.25) is 0 Å². The summed E-state index contributed by atoms with van der Waals surface area (Å²) in [6.07, 6.45) is 3.20. The van der Waals surface area contributed by atoms with Gasteiger partial charge in [-0.05, 0) is 46.9 Å². The topological polar surface area (TPSA) is 27.7 Å². The van der Waals surface area contributed by atoms with Crippen molar-refractivity contribution < 1.29 is 14.2 Å². The van der Waals surface area contributed by atoms with E-state index in [0.717, 1.165) is 23.7 Å². The van der Waals surface area contributed by atoms with Crippen LogP contribution in [0, 0.1) is 0 Å². The van der Waals surface area contributed by atoms with E-state index in [1.54, 1.807) is 21.3 Å². The molecule has 0 spiro atoms. The highest BCUT2D eigenvalue weighted by Gasteiger charge is 2.29. The molecule has 0 heterocycles. The van der Waals surface area contributed by atoms with Crippen LogP contribution in [0.1, 0.15) is 28.2 Å². The van der Waals surface area contributed by atoms with E-state index in [1.807, 2.05) is 24.3 Å². The highest BCUT2D eigenvalue weighted by molar-refractivity contribution is 5.81. The van der Waals surface area contributed by atoms with E-state index in [-0.39, 0.29) is 5.92 Å². The zero-order valence-electron chi connectivity index (χ0n) is 16.4. The monoisotopic (exact) mass is 372 g/mol. The summed E-state index contributed by atoms with van der Waals surface area (Å²) in [6, 6.07) is 22.9. The fraction of sp³-hybridized carbons (Fsp3) is 0.200. The van der Waals surface area contributed by atoms with Crippen LogP contribution < -0.4 is 14.2 Å². The molecular weight excluding hydrogens is 348 g/mol. The second-order valence-electron chi connectivity index (χ2n) is 6.90. The molecule has 0 radical (unpaired) electrons. The number of rotatable bonds is 6. The maximum Gasteiger partial charge on any atom is 0.127 e. The number of fused-ring (bicyclic) bond motifs is 1. The summed E-state index contributed by atoms with van der Waals surface area (Å²) < 4.78 is 16.6. The minimum absolute atomic E-state index is 0.172. The van der Waals surface area contributed by atoms with Crippen LogP contribution in [0.5, 0.6) is 17.2 Å². The first kappa shape index (κ1) is 18.2. The zero-order valence-corrected chi connectivity index (χ0v) is 16.4. The predicted octanol–water partition coefficient (Wildman–Crippen LogP) is 5.48. The second-order valence-corrected chi connectivity index (χ2v) is 6.90. The van der Waals surface area contributed by atoms with Crippen molar-refractivity contribution >= 4 is 5.57 Å². The number of allylic oxidation sites excluding steroid dienone is 2. The van der Waals surface area contributed by atoms with Gasteiger partial charge >= 0.3 is 0 Å². The lowest BCUT2D eigenvalue weighted by atomic mass is 9.92. The minimum atomic E-state index is 0.172. The highest BCUT2D eigenvalue weighted by Crippen LogP contribution is 2.47. The summed E-state index contributed by atoms with van der Waals surface area (Å²) in [4.78, 5) is 0. The number of hydrogen-bond donors (Lipinski definition) is 0. The summed E-state index contributed by atoms with van der Waals surface area (Å²) in [6.45, 7) is 0. The number of ether oxygens (including phenoxy) is 3. The van der Waals surface area contributed by atoms with Gasteiger partial charge < -0.3 is 14.2 Å². The third-order valence-corrected chi connectivity index (χ3v) is 5.31. The van der Waals surface area contributed by atoms with Gasteiger partial charge in [-0.25, -0.2) is 0 Å². The molecule has 1 atom stereocenters. The number of benzene rings is 3. The maximum absolute atomic E-state index is 5.75. The summed E-state index contributed by atoms with van der Waals surface area (Å²) in [5.41, 5.74) is 6.19. The van der Waals surface area contributed by atoms with Crippen LogP contribution in [0.4, 0.5) is 0 Å². The average Bonchev–Trinajstić information content (AvgIpc) is 3.12. The summed E-state index contributed by atoms with van der Waals surface area (Å²) in [5, 5.41) is 0. The third kappa shape index (κ3) is 3.36. The molecule has 0 fully saturated rings. The Hall–Kier alpha value is -3.20. The molecule has 0 saturated carbocycles. The first-order valence-corrected chi connectivity index (χ1v) is 9.38. The molecule has 1 unspecified atom stereocenters. The van der Waals surface area contributed by atoms with E-state index in [0.29, 0.717) is 0 Å². The molecular formula is C25H24O3. The highest BCUT2D eigenvalue weighted by atomic mass is 16.5. The van der Waals surface area contributed by atoms with Gasteiger partial charge in [0.1, 0.15) is 17.2 Å². The van der Waals surface area contributed by atoms with E-state index < -0.39 is 0 Å². The van der Waals surface area contributed by atoms with Gasteiger partial charge in [-0.15, -0.1) is 0 Å². The molecule has 0 N–H and O–H groups in total. The molecule has 0 amide bonds. The van der Waals surface area contributed by atoms with Crippen LogP contribution in [0.15, 0.2) is 72.8 Å². The average molecular weight is 372 g/mol. The quantitative estimate of drug-likeness (QED) is 0.573. The van der Waals surface area contributed by atoms with Crippen molar-refractivity contribution in [3.8, 4) is 17.2 Å². The normalized spacial score (nSPS) is 15.0. The van der Waals surface area contributed by atoms with Crippen molar-refractivity contribution in [3.05, 3.63) is 95.1 Å². The number of methoxy groups -OCH3 is 3. The van der Waals surface area contributed by atoms with Gasteiger partial charge in [0.2, 0.25) is 0 Å². The Morgan fingerprint density at radius 1 is 0.750 bits per heavy atom. The lowest BCUT2D eigenvalue weighted by Crippen LogP contribution is -2.00. The summed E-state index contributed by atoms with van der Waals surface area (Å²) >= 11 is 0. The van der Waals surface area contributed by atoms with Gasteiger partial charge in [0.25, 0.3) is 0 Å². The van der Waals surface area contributed by atoms with Gasteiger partial charge in [-0.1, -0.05) is 48.5 Å². The summed E-state index contributed by atoms with van der Waals surface area (Å²) in [7, 11) is 5.10. The van der Waals surface area contributed by atoms with Crippen LogP contribution >= 0.6 is 0 Å². The van der Waals surface area contributed by atoms with Crippen molar-refractivity contribution in [1.29, 1.82) is 0 Å². The fourth-order valence-corrected chi connectivity index (χ4v) is 3.89. The molecule has 28 heavy (non-hydrogen) atoms. The van der Waals surface area contributed by atoms with Crippen molar-refractivity contribution in [2.75, 3.05) is 21.3 Å². The molecule has 3 heteroatoms. The second kappa shape index (κ2) is 7.81.